The number of piperidine rings is 1. The fraction of sp³-hybridized carbons (Fsp3) is 0.533. The summed E-state index contributed by atoms with van der Waals surface area (Å²) in [6, 6.07) is 8.59. The number of nitrogens with one attached hydrogen (secondary N) is 2. The van der Waals surface area contributed by atoms with Gasteiger partial charge in [-0.25, -0.2) is 9.55 Å². The number of rotatable bonds is 3. The smallest absolute Gasteiger partial charge is 0.252 e. The second-order valence-electron chi connectivity index (χ2n) is 5.44. The molecule has 0 radical (unpaired) electrons. The molecular weight excluding hydrogens is 222 g/mol. The molecule has 0 aliphatic carbocycles. The van der Waals surface area contributed by atoms with E-state index >= 15 is 0 Å². The number of imidazole rings is 1. The SMILES string of the molecule is Cc1[nH]c2ccccc2[n+]1CC[NH+]1CCCCC1. The van der Waals surface area contributed by atoms with E-state index in [0.717, 1.165) is 6.54 Å². The molecule has 0 saturated carbocycles. The van der Waals surface area contributed by atoms with Crippen LogP contribution >= 0.6 is 0 Å². The summed E-state index contributed by atoms with van der Waals surface area (Å²) in [5, 5.41) is 0. The Balaban J connectivity index is 1.75. The molecule has 2 heterocycles. The number of aryl methyl sites for hydroxylation is 1. The topological polar surface area (TPSA) is 24.1 Å². The Kier molecular flexibility index (Phi) is 3.33. The van der Waals surface area contributed by atoms with Crippen LogP contribution in [0.5, 0.6) is 0 Å². The molecule has 1 saturated heterocycles. The van der Waals surface area contributed by atoms with Crippen molar-refractivity contribution in [1.29, 1.82) is 0 Å². The van der Waals surface area contributed by atoms with Crippen molar-refractivity contribution in [2.24, 2.45) is 0 Å². The molecule has 0 spiro atoms. The highest BCUT2D eigenvalue weighted by molar-refractivity contribution is 5.70. The maximum absolute atomic E-state index is 3.47. The van der Waals surface area contributed by atoms with Crippen LogP contribution in [-0.2, 0) is 6.54 Å². The number of benzene rings is 1. The molecule has 1 aromatic heterocycles. The lowest BCUT2D eigenvalue weighted by atomic mass is 10.1. The van der Waals surface area contributed by atoms with Crippen molar-refractivity contribution in [1.82, 2.24) is 4.98 Å². The first-order chi connectivity index (χ1) is 8.84. The number of quaternary nitrogens is 1. The quantitative estimate of drug-likeness (QED) is 0.749. The molecule has 2 N–H and O–H groups in total. The molecule has 0 unspecified atom stereocenters. The molecule has 18 heavy (non-hydrogen) atoms. The Morgan fingerprint density at radius 2 is 1.94 bits per heavy atom. The van der Waals surface area contributed by atoms with E-state index in [2.05, 4.69) is 40.7 Å². The summed E-state index contributed by atoms with van der Waals surface area (Å²) >= 11 is 0. The van der Waals surface area contributed by atoms with Crippen LogP contribution < -0.4 is 9.47 Å². The minimum Gasteiger partial charge on any atom is -0.332 e. The summed E-state index contributed by atoms with van der Waals surface area (Å²) in [4.78, 5) is 5.24. The number of aromatic amines is 1. The monoisotopic (exact) mass is 245 g/mol. The summed E-state index contributed by atoms with van der Waals surface area (Å²) in [6.45, 7) is 7.29. The molecule has 1 aliphatic heterocycles. The molecule has 0 amide bonds. The van der Waals surface area contributed by atoms with E-state index in [1.165, 1.54) is 55.8 Å². The minimum absolute atomic E-state index is 1.13. The average molecular weight is 245 g/mol. The van der Waals surface area contributed by atoms with Crippen molar-refractivity contribution < 1.29 is 9.47 Å². The van der Waals surface area contributed by atoms with Crippen molar-refractivity contribution in [3.8, 4) is 0 Å². The van der Waals surface area contributed by atoms with Gasteiger partial charge >= 0.3 is 0 Å². The van der Waals surface area contributed by atoms with Gasteiger partial charge in [-0.15, -0.1) is 0 Å². The van der Waals surface area contributed by atoms with Gasteiger partial charge in [0, 0.05) is 6.92 Å². The molecule has 1 aliphatic rings. The van der Waals surface area contributed by atoms with E-state index in [1.807, 2.05) is 0 Å². The van der Waals surface area contributed by atoms with Gasteiger partial charge in [-0.1, -0.05) is 12.1 Å². The van der Waals surface area contributed by atoms with Crippen LogP contribution in [0.1, 0.15) is 25.1 Å². The van der Waals surface area contributed by atoms with Gasteiger partial charge in [0.05, 0.1) is 13.1 Å². The number of aromatic nitrogens is 2. The maximum atomic E-state index is 3.47. The molecule has 0 atom stereocenters. The van der Waals surface area contributed by atoms with Crippen LogP contribution in [0.25, 0.3) is 11.0 Å². The zero-order valence-corrected chi connectivity index (χ0v) is 11.2. The van der Waals surface area contributed by atoms with Gasteiger partial charge in [0.25, 0.3) is 5.82 Å². The van der Waals surface area contributed by atoms with E-state index in [9.17, 15) is 0 Å². The van der Waals surface area contributed by atoms with Gasteiger partial charge in [-0.2, -0.15) is 0 Å². The second-order valence-corrected chi connectivity index (χ2v) is 5.44. The Hall–Kier alpha value is -1.35. The zero-order valence-electron chi connectivity index (χ0n) is 11.2. The third-order valence-electron chi connectivity index (χ3n) is 4.16. The largest absolute Gasteiger partial charge is 0.332 e. The van der Waals surface area contributed by atoms with Gasteiger partial charge < -0.3 is 4.90 Å². The number of nitrogens with zero attached hydrogens (tertiary/aromatic N) is 1. The Morgan fingerprint density at radius 3 is 2.78 bits per heavy atom. The Bertz CT molecular complexity index is 524. The molecule has 1 aromatic carbocycles. The van der Waals surface area contributed by atoms with Crippen LogP contribution in [-0.4, -0.2) is 24.6 Å². The second kappa shape index (κ2) is 5.11. The van der Waals surface area contributed by atoms with E-state index in [0.29, 0.717) is 0 Å². The molecule has 2 aromatic rings. The first-order valence-electron chi connectivity index (χ1n) is 7.15. The molecule has 3 nitrogen and oxygen atoms in total. The summed E-state index contributed by atoms with van der Waals surface area (Å²) < 4.78 is 2.43. The van der Waals surface area contributed by atoms with E-state index in [4.69, 9.17) is 0 Å². The van der Waals surface area contributed by atoms with Gasteiger partial charge in [0.15, 0.2) is 11.0 Å². The first kappa shape index (κ1) is 11.7. The summed E-state index contributed by atoms with van der Waals surface area (Å²) in [5.41, 5.74) is 2.59. The number of likely N-dealkylation sites (tertiary alicyclic amines) is 1. The van der Waals surface area contributed by atoms with E-state index < -0.39 is 0 Å². The normalized spacial score (nSPS) is 17.4. The number of hydrogen-bond donors (Lipinski definition) is 2. The summed E-state index contributed by atoms with van der Waals surface area (Å²) in [5.74, 6) is 1.27. The van der Waals surface area contributed by atoms with Crippen molar-refractivity contribution in [2.45, 2.75) is 32.7 Å². The lowest BCUT2D eigenvalue weighted by Gasteiger charge is -2.22. The molecule has 96 valence electrons. The van der Waals surface area contributed by atoms with E-state index in [1.54, 1.807) is 4.90 Å². The fourth-order valence-corrected chi connectivity index (χ4v) is 3.12. The molecular formula is C15H23N3+2. The fourth-order valence-electron chi connectivity index (χ4n) is 3.12. The van der Waals surface area contributed by atoms with Crippen LogP contribution in [0.2, 0.25) is 0 Å². The predicted octanol–water partition coefficient (Wildman–Crippen LogP) is 0.833. The zero-order chi connectivity index (χ0) is 12.4. The van der Waals surface area contributed by atoms with Crippen LogP contribution in [0.3, 0.4) is 0 Å². The third-order valence-corrected chi connectivity index (χ3v) is 4.16. The molecule has 3 heteroatoms. The first-order valence-corrected chi connectivity index (χ1v) is 7.15. The standard InChI is InChI=1S/C15H21N3/c1-13-16-14-7-3-4-8-15(14)18(13)12-11-17-9-5-2-6-10-17/h3-4,7-8H,2,5-6,9-12H2,1H3/p+2. The minimum atomic E-state index is 1.13. The third kappa shape index (κ3) is 2.27. The van der Waals surface area contributed by atoms with Gasteiger partial charge in [0.2, 0.25) is 0 Å². The average Bonchev–Trinajstić information content (AvgIpc) is 2.73. The van der Waals surface area contributed by atoms with Crippen LogP contribution in [0.4, 0.5) is 0 Å². The highest BCUT2D eigenvalue weighted by atomic mass is 15.2. The van der Waals surface area contributed by atoms with Crippen molar-refractivity contribution in [2.75, 3.05) is 19.6 Å². The molecule has 1 fully saturated rings. The van der Waals surface area contributed by atoms with Gasteiger partial charge in [-0.3, -0.25) is 0 Å². The van der Waals surface area contributed by atoms with Crippen LogP contribution in [0.15, 0.2) is 24.3 Å². The highest BCUT2D eigenvalue weighted by Crippen LogP contribution is 2.07. The Morgan fingerprint density at radius 1 is 1.17 bits per heavy atom. The number of H-pyrrole nitrogens is 1. The van der Waals surface area contributed by atoms with Gasteiger partial charge in [0.1, 0.15) is 13.1 Å². The summed E-state index contributed by atoms with van der Waals surface area (Å²) in [7, 11) is 0. The summed E-state index contributed by atoms with van der Waals surface area (Å²) in [6.07, 6.45) is 4.25. The highest BCUT2D eigenvalue weighted by Gasteiger charge is 2.18. The van der Waals surface area contributed by atoms with Crippen molar-refractivity contribution in [3.05, 3.63) is 30.1 Å². The molecule has 0 bridgehead atoms. The molecule has 3 rings (SSSR count). The van der Waals surface area contributed by atoms with Crippen molar-refractivity contribution >= 4 is 11.0 Å². The van der Waals surface area contributed by atoms with Crippen molar-refractivity contribution in [3.63, 3.8) is 0 Å². The van der Waals surface area contributed by atoms with Gasteiger partial charge in [-0.05, 0) is 31.4 Å². The van der Waals surface area contributed by atoms with E-state index in [-0.39, 0.29) is 0 Å². The lowest BCUT2D eigenvalue weighted by Crippen LogP contribution is -3.13. The number of fused-ring (bicyclic) bond motifs is 1. The number of hydrogen-bond acceptors (Lipinski definition) is 0. The predicted molar refractivity (Wildman–Crippen MR) is 72.6 cm³/mol. The maximum Gasteiger partial charge on any atom is 0.252 e. The number of para-hydroxylation sites is 2. The van der Waals surface area contributed by atoms with Crippen LogP contribution in [0, 0.1) is 6.92 Å². The lowest BCUT2D eigenvalue weighted by molar-refractivity contribution is -0.922. The Labute approximate surface area is 108 Å².